The number of hydrogen-bond donors (Lipinski definition) is 0. The van der Waals surface area contributed by atoms with Gasteiger partial charge in [-0.2, -0.15) is 0 Å². The average molecular weight is 212 g/mol. The molecule has 0 N–H and O–H groups in total. The lowest BCUT2D eigenvalue weighted by Crippen LogP contribution is -2.07. The fraction of sp³-hybridized carbons (Fsp3) is 0.400. The summed E-state index contributed by atoms with van der Waals surface area (Å²) in [6.45, 7) is 5.78. The van der Waals surface area contributed by atoms with Crippen LogP contribution in [0.2, 0.25) is 0 Å². The van der Waals surface area contributed by atoms with Crippen LogP contribution in [0.15, 0.2) is 0 Å². The molecule has 0 aliphatic rings. The molecular weight excluding hydrogens is 200 g/mol. The lowest BCUT2D eigenvalue weighted by atomic mass is 10.1. The predicted molar refractivity (Wildman–Crippen MR) is 55.1 cm³/mol. The molecule has 0 aromatic carbocycles. The van der Waals surface area contributed by atoms with Crippen LogP contribution in [0.5, 0.6) is 0 Å². The van der Waals surface area contributed by atoms with E-state index in [4.69, 9.17) is 4.74 Å². The van der Waals surface area contributed by atoms with Crippen LogP contribution in [0.3, 0.4) is 0 Å². The number of hydrogen-bond acceptors (Lipinski definition) is 4. The topological polar surface area (TPSA) is 43.4 Å². The standard InChI is InChI=1S/C10H12O3S/c1-4-13-10(12)9-6(2)7(3)14-8(9)5-11/h5H,4H2,1-3H3. The van der Waals surface area contributed by atoms with Crippen molar-refractivity contribution in [3.8, 4) is 0 Å². The molecule has 0 fully saturated rings. The van der Waals surface area contributed by atoms with Gasteiger partial charge in [-0.15, -0.1) is 11.3 Å². The fourth-order valence-corrected chi connectivity index (χ4v) is 2.16. The van der Waals surface area contributed by atoms with E-state index in [1.54, 1.807) is 6.92 Å². The molecule has 0 bridgehead atoms. The number of aryl methyl sites for hydroxylation is 1. The van der Waals surface area contributed by atoms with Crippen molar-refractivity contribution in [2.24, 2.45) is 0 Å². The molecule has 0 atom stereocenters. The third kappa shape index (κ3) is 1.85. The maximum absolute atomic E-state index is 11.5. The van der Waals surface area contributed by atoms with Gasteiger partial charge >= 0.3 is 5.97 Å². The van der Waals surface area contributed by atoms with Crippen molar-refractivity contribution >= 4 is 23.6 Å². The maximum Gasteiger partial charge on any atom is 0.339 e. The molecule has 0 radical (unpaired) electrons. The number of carbonyl (C=O) groups is 2. The van der Waals surface area contributed by atoms with Crippen LogP contribution in [-0.4, -0.2) is 18.9 Å². The number of esters is 1. The summed E-state index contributed by atoms with van der Waals surface area (Å²) >= 11 is 1.33. The van der Waals surface area contributed by atoms with Gasteiger partial charge in [0.05, 0.1) is 17.0 Å². The third-order valence-electron chi connectivity index (χ3n) is 2.00. The molecule has 0 spiro atoms. The van der Waals surface area contributed by atoms with E-state index in [9.17, 15) is 9.59 Å². The van der Waals surface area contributed by atoms with Crippen LogP contribution >= 0.6 is 11.3 Å². The van der Waals surface area contributed by atoms with E-state index in [1.165, 1.54) is 11.3 Å². The van der Waals surface area contributed by atoms with Crippen molar-refractivity contribution in [1.29, 1.82) is 0 Å². The highest BCUT2D eigenvalue weighted by molar-refractivity contribution is 7.14. The summed E-state index contributed by atoms with van der Waals surface area (Å²) in [5.41, 5.74) is 1.26. The Kier molecular flexibility index (Phi) is 3.41. The summed E-state index contributed by atoms with van der Waals surface area (Å²) in [5.74, 6) is -0.406. The van der Waals surface area contributed by atoms with Gasteiger partial charge in [0.25, 0.3) is 0 Å². The van der Waals surface area contributed by atoms with Crippen molar-refractivity contribution in [2.75, 3.05) is 6.61 Å². The first-order chi connectivity index (χ1) is 6.61. The van der Waals surface area contributed by atoms with Gasteiger partial charge < -0.3 is 4.74 Å². The SMILES string of the molecule is CCOC(=O)c1c(C=O)sc(C)c1C. The monoisotopic (exact) mass is 212 g/mol. The van der Waals surface area contributed by atoms with Gasteiger partial charge in [0.2, 0.25) is 0 Å². The zero-order chi connectivity index (χ0) is 10.7. The lowest BCUT2D eigenvalue weighted by Gasteiger charge is -2.01. The van der Waals surface area contributed by atoms with Gasteiger partial charge in [-0.05, 0) is 26.3 Å². The van der Waals surface area contributed by atoms with Gasteiger partial charge in [0.1, 0.15) is 0 Å². The second-order valence-electron chi connectivity index (χ2n) is 2.86. The molecule has 0 saturated carbocycles. The molecule has 1 aromatic heterocycles. The third-order valence-corrected chi connectivity index (χ3v) is 3.13. The number of aldehydes is 1. The number of rotatable bonds is 3. The minimum Gasteiger partial charge on any atom is -0.462 e. The Labute approximate surface area is 86.7 Å². The van der Waals surface area contributed by atoms with Crippen molar-refractivity contribution in [1.82, 2.24) is 0 Å². The van der Waals surface area contributed by atoms with E-state index in [-0.39, 0.29) is 0 Å². The molecule has 0 aliphatic carbocycles. The van der Waals surface area contributed by atoms with Crippen LogP contribution in [0.1, 0.15) is 37.4 Å². The number of carbonyl (C=O) groups excluding carboxylic acids is 2. The Morgan fingerprint density at radius 2 is 2.14 bits per heavy atom. The summed E-state index contributed by atoms with van der Waals surface area (Å²) in [7, 11) is 0. The quantitative estimate of drug-likeness (QED) is 0.570. The summed E-state index contributed by atoms with van der Waals surface area (Å²) in [6.07, 6.45) is 0.705. The van der Waals surface area contributed by atoms with Crippen molar-refractivity contribution in [2.45, 2.75) is 20.8 Å². The van der Waals surface area contributed by atoms with E-state index in [0.29, 0.717) is 23.3 Å². The van der Waals surface area contributed by atoms with Crippen LogP contribution in [-0.2, 0) is 4.74 Å². The number of thiophene rings is 1. The van der Waals surface area contributed by atoms with Gasteiger partial charge in [-0.1, -0.05) is 0 Å². The van der Waals surface area contributed by atoms with E-state index in [1.807, 2.05) is 13.8 Å². The molecule has 0 aliphatic heterocycles. The molecule has 14 heavy (non-hydrogen) atoms. The lowest BCUT2D eigenvalue weighted by molar-refractivity contribution is 0.0524. The molecule has 76 valence electrons. The zero-order valence-electron chi connectivity index (χ0n) is 8.42. The first kappa shape index (κ1) is 10.9. The van der Waals surface area contributed by atoms with E-state index in [0.717, 1.165) is 10.4 Å². The van der Waals surface area contributed by atoms with Crippen LogP contribution in [0.4, 0.5) is 0 Å². The van der Waals surface area contributed by atoms with Gasteiger partial charge in [-0.3, -0.25) is 4.79 Å². The first-order valence-corrected chi connectivity index (χ1v) is 5.15. The molecule has 3 nitrogen and oxygen atoms in total. The molecule has 0 unspecified atom stereocenters. The fourth-order valence-electron chi connectivity index (χ4n) is 1.19. The highest BCUT2D eigenvalue weighted by Crippen LogP contribution is 2.26. The van der Waals surface area contributed by atoms with Gasteiger partial charge in [-0.25, -0.2) is 4.79 Å². The Morgan fingerprint density at radius 3 is 2.64 bits per heavy atom. The summed E-state index contributed by atoms with van der Waals surface area (Å²) in [4.78, 5) is 23.6. The Balaban J connectivity index is 3.17. The first-order valence-electron chi connectivity index (χ1n) is 4.34. The summed E-state index contributed by atoms with van der Waals surface area (Å²) < 4.78 is 4.87. The van der Waals surface area contributed by atoms with Gasteiger partial charge in [0.15, 0.2) is 6.29 Å². The Hall–Kier alpha value is -1.16. The minimum absolute atomic E-state index is 0.325. The maximum atomic E-state index is 11.5. The van der Waals surface area contributed by atoms with Crippen LogP contribution < -0.4 is 0 Å². The zero-order valence-corrected chi connectivity index (χ0v) is 9.23. The smallest absolute Gasteiger partial charge is 0.339 e. The van der Waals surface area contributed by atoms with E-state index < -0.39 is 5.97 Å². The van der Waals surface area contributed by atoms with Crippen LogP contribution in [0.25, 0.3) is 0 Å². The molecule has 1 heterocycles. The average Bonchev–Trinajstić information content (AvgIpc) is 2.43. The van der Waals surface area contributed by atoms with Gasteiger partial charge in [0, 0.05) is 4.88 Å². The molecule has 1 rings (SSSR count). The van der Waals surface area contributed by atoms with Crippen molar-refractivity contribution in [3.63, 3.8) is 0 Å². The number of ether oxygens (including phenoxy) is 1. The molecule has 4 heteroatoms. The van der Waals surface area contributed by atoms with E-state index in [2.05, 4.69) is 0 Å². The van der Waals surface area contributed by atoms with Crippen molar-refractivity contribution in [3.05, 3.63) is 20.9 Å². The predicted octanol–water partition coefficient (Wildman–Crippen LogP) is 2.35. The molecular formula is C10H12O3S. The Morgan fingerprint density at radius 1 is 1.50 bits per heavy atom. The Bertz CT molecular complexity index is 366. The highest BCUT2D eigenvalue weighted by Gasteiger charge is 2.19. The minimum atomic E-state index is -0.406. The van der Waals surface area contributed by atoms with Crippen molar-refractivity contribution < 1.29 is 14.3 Å². The largest absolute Gasteiger partial charge is 0.462 e. The molecule has 1 aromatic rings. The summed E-state index contributed by atoms with van der Waals surface area (Å²) in [5, 5.41) is 0. The second kappa shape index (κ2) is 4.37. The summed E-state index contributed by atoms with van der Waals surface area (Å²) in [6, 6.07) is 0. The molecule has 0 saturated heterocycles. The second-order valence-corrected chi connectivity index (χ2v) is 4.12. The molecule has 0 amide bonds. The van der Waals surface area contributed by atoms with E-state index >= 15 is 0 Å². The normalized spacial score (nSPS) is 9.93. The highest BCUT2D eigenvalue weighted by atomic mass is 32.1. The van der Waals surface area contributed by atoms with Crippen LogP contribution in [0, 0.1) is 13.8 Å².